The number of hydrogen-bond donors (Lipinski definition) is 1. The van der Waals surface area contributed by atoms with Gasteiger partial charge < -0.3 is 5.11 Å². The number of aryl methyl sites for hydroxylation is 1. The minimum atomic E-state index is -1.41. The highest BCUT2D eigenvalue weighted by Gasteiger charge is 2.18. The van der Waals surface area contributed by atoms with Crippen LogP contribution in [0.15, 0.2) is 34.3 Å². The Balaban J connectivity index is 2.03. The van der Waals surface area contributed by atoms with Crippen LogP contribution in [-0.2, 0) is 11.2 Å². The van der Waals surface area contributed by atoms with Crippen LogP contribution in [0.3, 0.4) is 0 Å². The third kappa shape index (κ3) is 13.9. The molecule has 1 rings (SSSR count). The molecule has 0 radical (unpaired) electrons. The fraction of sp³-hybridized carbons (Fsp3) is 0.643. The number of carbonyl (C=O) groups excluding carboxylic acids is 1. The van der Waals surface area contributed by atoms with Gasteiger partial charge in [0.1, 0.15) is 10.1 Å². The molecule has 5 heteroatoms. The molecule has 0 atom stereocenters. The van der Waals surface area contributed by atoms with Gasteiger partial charge in [-0.15, -0.1) is 0 Å². The molecule has 1 N–H and O–H groups in total. The summed E-state index contributed by atoms with van der Waals surface area (Å²) >= 11 is 11.3. The summed E-state index contributed by atoms with van der Waals surface area (Å²) in [7, 11) is 0. The van der Waals surface area contributed by atoms with Crippen LogP contribution in [0.5, 0.6) is 0 Å². The van der Waals surface area contributed by atoms with E-state index in [2.05, 4.69) is 6.92 Å². The molecule has 0 bridgehead atoms. The van der Waals surface area contributed by atoms with Gasteiger partial charge in [0.15, 0.2) is 0 Å². The second-order valence-electron chi connectivity index (χ2n) is 9.01. The summed E-state index contributed by atoms with van der Waals surface area (Å²) in [5, 5.41) is 7.72. The van der Waals surface area contributed by atoms with Gasteiger partial charge in [0, 0.05) is 5.56 Å². The largest absolute Gasteiger partial charge is 0.477 e. The molecule has 0 aliphatic carbocycles. The molecule has 0 aliphatic heterocycles. The van der Waals surface area contributed by atoms with Crippen LogP contribution in [0.25, 0.3) is 0 Å². The van der Waals surface area contributed by atoms with E-state index in [0.29, 0.717) is 5.56 Å². The van der Waals surface area contributed by atoms with E-state index in [1.165, 1.54) is 102 Å². The van der Waals surface area contributed by atoms with Crippen molar-refractivity contribution in [3.05, 3.63) is 45.5 Å². The standard InChI is InChI=1S/C28H42Cl2O3/c1-2-3-4-5-6-7-8-9-10-11-12-13-14-15-16-17-18-23-19-21-24(22-20-23)27(31)25(29)26(30)28(32)33/h19-22H,2-18H2,1H3,(H,32,33)/b26-25-. The maximum absolute atomic E-state index is 12.2. The van der Waals surface area contributed by atoms with Crippen molar-refractivity contribution in [2.24, 2.45) is 0 Å². The Morgan fingerprint density at radius 1 is 0.636 bits per heavy atom. The molecule has 1 aromatic rings. The Bertz CT molecular complexity index is 710. The van der Waals surface area contributed by atoms with Crippen LogP contribution in [0, 0.1) is 0 Å². The van der Waals surface area contributed by atoms with Gasteiger partial charge in [-0.05, 0) is 18.4 Å². The van der Waals surface area contributed by atoms with Crippen molar-refractivity contribution in [1.29, 1.82) is 0 Å². The molecular weight excluding hydrogens is 455 g/mol. The molecule has 0 aliphatic rings. The van der Waals surface area contributed by atoms with E-state index in [1.807, 2.05) is 12.1 Å². The number of halogens is 2. The third-order valence-electron chi connectivity index (χ3n) is 6.11. The highest BCUT2D eigenvalue weighted by Crippen LogP contribution is 2.20. The average Bonchev–Trinajstić information content (AvgIpc) is 2.82. The molecule has 1 aromatic carbocycles. The SMILES string of the molecule is CCCCCCCCCCCCCCCCCCc1ccc(C(=O)/C(Cl)=C(/Cl)C(=O)O)cc1. The van der Waals surface area contributed by atoms with E-state index < -0.39 is 21.8 Å². The lowest BCUT2D eigenvalue weighted by Gasteiger charge is -2.05. The quantitative estimate of drug-likeness (QED) is 0.111. The summed E-state index contributed by atoms with van der Waals surface area (Å²) in [5.41, 5.74) is 1.51. The Labute approximate surface area is 210 Å². The maximum atomic E-state index is 12.2. The molecule has 0 saturated heterocycles. The number of benzene rings is 1. The topological polar surface area (TPSA) is 54.4 Å². The number of Topliss-reactive ketones (excluding diaryl/α,β-unsaturated/α-hetero) is 1. The van der Waals surface area contributed by atoms with Crippen molar-refractivity contribution >= 4 is 35.0 Å². The van der Waals surface area contributed by atoms with Crippen LogP contribution in [0.4, 0.5) is 0 Å². The fourth-order valence-electron chi connectivity index (χ4n) is 4.02. The van der Waals surface area contributed by atoms with E-state index >= 15 is 0 Å². The Morgan fingerprint density at radius 2 is 1.03 bits per heavy atom. The first kappa shape index (κ1) is 29.7. The Kier molecular flexibility index (Phi) is 17.1. The van der Waals surface area contributed by atoms with Gasteiger partial charge in [0.05, 0.1) is 0 Å². The number of ketones is 1. The number of allylic oxidation sites excluding steroid dienone is 1. The molecule has 0 saturated carbocycles. The first-order valence-corrected chi connectivity index (χ1v) is 13.6. The molecule has 0 heterocycles. The minimum Gasteiger partial charge on any atom is -0.477 e. The molecule has 0 aromatic heterocycles. The lowest BCUT2D eigenvalue weighted by Crippen LogP contribution is -2.05. The van der Waals surface area contributed by atoms with Gasteiger partial charge in [-0.2, -0.15) is 0 Å². The van der Waals surface area contributed by atoms with Gasteiger partial charge in [-0.1, -0.05) is 151 Å². The van der Waals surface area contributed by atoms with E-state index in [4.69, 9.17) is 28.3 Å². The third-order valence-corrected chi connectivity index (χ3v) is 6.92. The second-order valence-corrected chi connectivity index (χ2v) is 9.77. The van der Waals surface area contributed by atoms with Crippen LogP contribution in [0.1, 0.15) is 126 Å². The van der Waals surface area contributed by atoms with Crippen LogP contribution in [0.2, 0.25) is 0 Å². The summed E-state index contributed by atoms with van der Waals surface area (Å²) < 4.78 is 0. The molecule has 0 fully saturated rings. The van der Waals surface area contributed by atoms with Crippen molar-refractivity contribution in [3.63, 3.8) is 0 Å². The first-order chi connectivity index (χ1) is 16.0. The lowest BCUT2D eigenvalue weighted by molar-refractivity contribution is -0.131. The summed E-state index contributed by atoms with van der Waals surface area (Å²) in [6, 6.07) is 7.16. The number of rotatable bonds is 20. The maximum Gasteiger partial charge on any atom is 0.349 e. The highest BCUT2D eigenvalue weighted by molar-refractivity contribution is 6.54. The average molecular weight is 498 g/mol. The molecule has 0 unspecified atom stereocenters. The number of carboxylic acids is 1. The first-order valence-electron chi connectivity index (χ1n) is 12.9. The summed E-state index contributed by atoms with van der Waals surface area (Å²) in [6.45, 7) is 2.27. The zero-order chi connectivity index (χ0) is 24.3. The van der Waals surface area contributed by atoms with Crippen molar-refractivity contribution in [1.82, 2.24) is 0 Å². The van der Waals surface area contributed by atoms with E-state index in [-0.39, 0.29) is 0 Å². The second kappa shape index (κ2) is 19.0. The van der Waals surface area contributed by atoms with Crippen molar-refractivity contribution in [2.75, 3.05) is 0 Å². The Morgan fingerprint density at radius 3 is 1.42 bits per heavy atom. The smallest absolute Gasteiger partial charge is 0.349 e. The predicted molar refractivity (Wildman–Crippen MR) is 140 cm³/mol. The van der Waals surface area contributed by atoms with Crippen LogP contribution < -0.4 is 0 Å². The van der Waals surface area contributed by atoms with E-state index in [0.717, 1.165) is 12.8 Å². The van der Waals surface area contributed by atoms with E-state index in [1.54, 1.807) is 12.1 Å². The van der Waals surface area contributed by atoms with E-state index in [9.17, 15) is 9.59 Å². The van der Waals surface area contributed by atoms with Crippen molar-refractivity contribution in [2.45, 2.75) is 116 Å². The highest BCUT2D eigenvalue weighted by atomic mass is 35.5. The predicted octanol–water partition coefficient (Wildman–Crippen LogP) is 9.45. The molecule has 0 amide bonds. The molecule has 33 heavy (non-hydrogen) atoms. The zero-order valence-electron chi connectivity index (χ0n) is 20.3. The lowest BCUT2D eigenvalue weighted by atomic mass is 10.0. The summed E-state index contributed by atoms with van der Waals surface area (Å²) in [4.78, 5) is 23.0. The van der Waals surface area contributed by atoms with Gasteiger partial charge >= 0.3 is 5.97 Å². The molecule has 0 spiro atoms. The molecular formula is C28H42Cl2O3. The van der Waals surface area contributed by atoms with Crippen LogP contribution >= 0.6 is 23.2 Å². The van der Waals surface area contributed by atoms with Crippen molar-refractivity contribution in [3.8, 4) is 0 Å². The number of carbonyl (C=O) groups is 2. The number of aliphatic carboxylic acids is 1. The Hall–Kier alpha value is -1.32. The van der Waals surface area contributed by atoms with Gasteiger partial charge in [-0.3, -0.25) is 4.79 Å². The summed E-state index contributed by atoms with van der Waals surface area (Å²) in [6.07, 6.45) is 22.7. The number of carboxylic acid groups (broad SMARTS) is 1. The molecule has 186 valence electrons. The van der Waals surface area contributed by atoms with Gasteiger partial charge in [0.2, 0.25) is 5.78 Å². The monoisotopic (exact) mass is 496 g/mol. The van der Waals surface area contributed by atoms with Crippen LogP contribution in [-0.4, -0.2) is 16.9 Å². The fourth-order valence-corrected chi connectivity index (χ4v) is 4.30. The zero-order valence-corrected chi connectivity index (χ0v) is 21.9. The minimum absolute atomic E-state index is 0.343. The number of hydrogen-bond acceptors (Lipinski definition) is 2. The van der Waals surface area contributed by atoms with Gasteiger partial charge in [-0.25, -0.2) is 4.79 Å². The number of unbranched alkanes of at least 4 members (excludes halogenated alkanes) is 15. The van der Waals surface area contributed by atoms with Gasteiger partial charge in [0.25, 0.3) is 0 Å². The normalized spacial score (nSPS) is 12.0. The van der Waals surface area contributed by atoms with Crippen molar-refractivity contribution < 1.29 is 14.7 Å². The summed E-state index contributed by atoms with van der Waals surface area (Å²) in [5.74, 6) is -1.98. The molecule has 3 nitrogen and oxygen atoms in total.